The Balaban J connectivity index is 2.51. The predicted molar refractivity (Wildman–Crippen MR) is 101 cm³/mol. The van der Waals surface area contributed by atoms with Gasteiger partial charge in [-0.15, -0.1) is 0 Å². The number of hydrogen-bond donors (Lipinski definition) is 2. The van der Waals surface area contributed by atoms with Crippen molar-refractivity contribution in [2.75, 3.05) is 20.6 Å². The summed E-state index contributed by atoms with van der Waals surface area (Å²) in [7, 11) is -0.603. The molecule has 0 fully saturated rings. The lowest BCUT2D eigenvalue weighted by atomic mass is 9.96. The van der Waals surface area contributed by atoms with E-state index in [4.69, 9.17) is 0 Å². The van der Waals surface area contributed by atoms with E-state index >= 15 is 0 Å². The maximum Gasteiger partial charge on any atom is 0.324 e. The second-order valence-corrected chi connectivity index (χ2v) is 9.88. The topological polar surface area (TPSA) is 101 Å². The van der Waals surface area contributed by atoms with Crippen molar-refractivity contribution in [1.82, 2.24) is 14.3 Å². The van der Waals surface area contributed by atoms with E-state index in [1.165, 1.54) is 31.2 Å². The molecule has 0 saturated carbocycles. The molecule has 2 N–H and O–H groups in total. The smallest absolute Gasteiger partial charge is 0.324 e. The number of carboxylic acids is 1. The fraction of sp³-hybridized carbons (Fsp3) is 0.500. The minimum Gasteiger partial charge on any atom is -0.494 e. The van der Waals surface area contributed by atoms with Gasteiger partial charge in [-0.25, -0.2) is 17.7 Å². The van der Waals surface area contributed by atoms with Gasteiger partial charge in [-0.3, -0.25) is 9.80 Å². The second-order valence-electron chi connectivity index (χ2n) is 7.73. The number of aliphatic hydroxyl groups is 1. The van der Waals surface area contributed by atoms with Gasteiger partial charge in [-0.05, 0) is 45.4 Å². The van der Waals surface area contributed by atoms with Gasteiger partial charge >= 0.3 is 5.97 Å². The largest absolute Gasteiger partial charge is 0.494 e. The molecule has 1 aliphatic heterocycles. The van der Waals surface area contributed by atoms with Crippen molar-refractivity contribution in [2.24, 2.45) is 0 Å². The fourth-order valence-corrected chi connectivity index (χ4v) is 4.11. The zero-order chi connectivity index (χ0) is 20.7. The van der Waals surface area contributed by atoms with Gasteiger partial charge in [0, 0.05) is 25.2 Å². The molecule has 0 aliphatic carbocycles. The highest BCUT2D eigenvalue weighted by molar-refractivity contribution is 7.89. The zero-order valence-electron chi connectivity index (χ0n) is 16.5. The molecular formula is C18H27N3O5S. The lowest BCUT2D eigenvalue weighted by molar-refractivity contribution is -0.149. The maximum atomic E-state index is 12.3. The highest BCUT2D eigenvalue weighted by Gasteiger charge is 2.44. The van der Waals surface area contributed by atoms with E-state index in [-0.39, 0.29) is 17.3 Å². The van der Waals surface area contributed by atoms with Gasteiger partial charge in [0.05, 0.1) is 10.9 Å². The molecule has 0 amide bonds. The Kier molecular flexibility index (Phi) is 5.61. The third kappa shape index (κ3) is 3.95. The number of benzene rings is 1. The molecule has 1 atom stereocenters. The van der Waals surface area contributed by atoms with Crippen molar-refractivity contribution in [3.8, 4) is 0 Å². The van der Waals surface area contributed by atoms with Crippen LogP contribution in [0.4, 0.5) is 0 Å². The molecule has 8 nitrogen and oxygen atoms in total. The minimum absolute atomic E-state index is 0.0951. The number of carboxylic acid groups (broad SMARTS) is 1. The van der Waals surface area contributed by atoms with E-state index < -0.39 is 27.6 Å². The molecule has 27 heavy (non-hydrogen) atoms. The standard InChI is InChI=1S/C18H27N3O5S/c1-12-16(13-7-9-14(10-8-13)27(25,26)19(5)6)21(18(2,3)4)20(17(12)24)11-15(22)23/h7-10,16,24H,11H2,1-6H3,(H,22,23). The van der Waals surface area contributed by atoms with Crippen LogP contribution in [-0.4, -0.2) is 65.1 Å². The molecule has 1 aromatic rings. The molecule has 0 aromatic heterocycles. The van der Waals surface area contributed by atoms with Crippen LogP contribution in [0.3, 0.4) is 0 Å². The molecule has 0 bridgehead atoms. The molecule has 1 unspecified atom stereocenters. The van der Waals surface area contributed by atoms with E-state index in [2.05, 4.69) is 0 Å². The number of hydrazine groups is 1. The van der Waals surface area contributed by atoms with Crippen molar-refractivity contribution in [3.63, 3.8) is 0 Å². The van der Waals surface area contributed by atoms with E-state index in [1.807, 2.05) is 20.8 Å². The summed E-state index contributed by atoms with van der Waals surface area (Å²) in [5, 5.41) is 22.9. The van der Waals surface area contributed by atoms with Gasteiger partial charge in [-0.2, -0.15) is 0 Å². The quantitative estimate of drug-likeness (QED) is 0.785. The van der Waals surface area contributed by atoms with Crippen LogP contribution in [0.15, 0.2) is 40.6 Å². The van der Waals surface area contributed by atoms with E-state index in [1.54, 1.807) is 24.1 Å². The first-order chi connectivity index (χ1) is 12.3. The van der Waals surface area contributed by atoms with Crippen molar-refractivity contribution < 1.29 is 23.4 Å². The highest BCUT2D eigenvalue weighted by atomic mass is 32.2. The van der Waals surface area contributed by atoms with Crippen LogP contribution in [-0.2, 0) is 14.8 Å². The van der Waals surface area contributed by atoms with Crippen LogP contribution < -0.4 is 0 Å². The normalized spacial score (nSPS) is 19.2. The Morgan fingerprint density at radius 3 is 2.11 bits per heavy atom. The van der Waals surface area contributed by atoms with E-state index in [0.717, 1.165) is 9.87 Å². The Morgan fingerprint density at radius 1 is 1.19 bits per heavy atom. The first-order valence-corrected chi connectivity index (χ1v) is 9.93. The summed E-state index contributed by atoms with van der Waals surface area (Å²) in [6, 6.07) is 6.04. The Bertz CT molecular complexity index is 854. The maximum absolute atomic E-state index is 12.3. The predicted octanol–water partition coefficient (Wildman–Crippen LogP) is 2.18. The molecule has 0 radical (unpaired) electrons. The first-order valence-electron chi connectivity index (χ1n) is 8.49. The van der Waals surface area contributed by atoms with E-state index in [0.29, 0.717) is 5.57 Å². The van der Waals surface area contributed by atoms with E-state index in [9.17, 15) is 23.4 Å². The van der Waals surface area contributed by atoms with Crippen LogP contribution in [0.5, 0.6) is 0 Å². The van der Waals surface area contributed by atoms with Crippen molar-refractivity contribution >= 4 is 16.0 Å². The Morgan fingerprint density at radius 2 is 1.70 bits per heavy atom. The van der Waals surface area contributed by atoms with Crippen molar-refractivity contribution in [3.05, 3.63) is 41.3 Å². The van der Waals surface area contributed by atoms with Gasteiger partial charge in [-0.1, -0.05) is 12.1 Å². The average Bonchev–Trinajstić information content (AvgIpc) is 2.79. The zero-order valence-corrected chi connectivity index (χ0v) is 17.3. The molecule has 9 heteroatoms. The minimum atomic E-state index is -3.54. The number of hydrogen-bond acceptors (Lipinski definition) is 6. The molecule has 150 valence electrons. The number of aliphatic hydroxyl groups excluding tert-OH is 1. The summed E-state index contributed by atoms with van der Waals surface area (Å²) in [4.78, 5) is 11.4. The molecule has 0 saturated heterocycles. The molecular weight excluding hydrogens is 370 g/mol. The summed E-state index contributed by atoms with van der Waals surface area (Å²) in [5.41, 5.74) is 0.884. The van der Waals surface area contributed by atoms with Gasteiger partial charge < -0.3 is 10.2 Å². The third-order valence-electron chi connectivity index (χ3n) is 4.46. The summed E-state index contributed by atoms with van der Waals surface area (Å²) >= 11 is 0. The summed E-state index contributed by atoms with van der Waals surface area (Å²) in [6.07, 6.45) is 0. The van der Waals surface area contributed by atoms with Gasteiger partial charge in [0.15, 0.2) is 0 Å². The first kappa shape index (κ1) is 21.2. The number of aliphatic carboxylic acids is 1. The number of nitrogens with zero attached hydrogens (tertiary/aromatic N) is 3. The molecule has 1 aromatic carbocycles. The van der Waals surface area contributed by atoms with Crippen LogP contribution in [0.25, 0.3) is 0 Å². The Hall–Kier alpha value is -2.10. The molecule has 0 spiro atoms. The van der Waals surface area contributed by atoms with Gasteiger partial charge in [0.1, 0.15) is 6.54 Å². The number of carbonyl (C=O) groups is 1. The average molecular weight is 397 g/mol. The van der Waals surface area contributed by atoms with Crippen molar-refractivity contribution in [1.29, 1.82) is 0 Å². The van der Waals surface area contributed by atoms with Crippen LogP contribution >= 0.6 is 0 Å². The lowest BCUT2D eigenvalue weighted by Gasteiger charge is -2.43. The van der Waals surface area contributed by atoms with Gasteiger partial charge in [0.25, 0.3) is 0 Å². The Labute approximate surface area is 160 Å². The van der Waals surface area contributed by atoms with Crippen LogP contribution in [0.2, 0.25) is 0 Å². The molecule has 1 aliphatic rings. The second kappa shape index (κ2) is 7.14. The highest BCUT2D eigenvalue weighted by Crippen LogP contribution is 2.43. The number of rotatable bonds is 5. The third-order valence-corrected chi connectivity index (χ3v) is 6.29. The monoisotopic (exact) mass is 397 g/mol. The SMILES string of the molecule is CC1=C(O)N(CC(=O)O)N(C(C)(C)C)C1c1ccc(S(=O)(=O)N(C)C)cc1. The van der Waals surface area contributed by atoms with Crippen molar-refractivity contribution in [2.45, 2.75) is 44.2 Å². The summed E-state index contributed by atoms with van der Waals surface area (Å²) in [6.45, 7) is 7.14. The molecule has 2 rings (SSSR count). The molecule has 1 heterocycles. The summed E-state index contributed by atoms with van der Waals surface area (Å²) < 4.78 is 25.7. The van der Waals surface area contributed by atoms with Crippen LogP contribution in [0.1, 0.15) is 39.3 Å². The fourth-order valence-electron chi connectivity index (χ4n) is 3.20. The number of sulfonamides is 1. The van der Waals surface area contributed by atoms with Gasteiger partial charge in [0.2, 0.25) is 15.9 Å². The van der Waals surface area contributed by atoms with Crippen LogP contribution in [0, 0.1) is 0 Å². The lowest BCUT2D eigenvalue weighted by Crippen LogP contribution is -2.52. The summed E-state index contributed by atoms with van der Waals surface area (Å²) in [5.74, 6) is -1.15.